The van der Waals surface area contributed by atoms with Gasteiger partial charge in [0.1, 0.15) is 0 Å². The summed E-state index contributed by atoms with van der Waals surface area (Å²) in [5.74, 6) is 0. The van der Waals surface area contributed by atoms with E-state index >= 15 is 0 Å². The van der Waals surface area contributed by atoms with Gasteiger partial charge in [-0.05, 0) is 39.3 Å². The van der Waals surface area contributed by atoms with Gasteiger partial charge in [-0.3, -0.25) is 4.98 Å². The first kappa shape index (κ1) is 11.2. The Morgan fingerprint density at radius 2 is 2.14 bits per heavy atom. The molecule has 0 atom stereocenters. The fraction of sp³-hybridized carbons (Fsp3) is 0.500. The Balaban J connectivity index is 2.17. The van der Waals surface area contributed by atoms with Gasteiger partial charge in [0.05, 0.1) is 5.60 Å². The van der Waals surface area contributed by atoms with Crippen LogP contribution in [0, 0.1) is 6.42 Å². The third-order valence-electron chi connectivity index (χ3n) is 1.69. The molecule has 14 heavy (non-hydrogen) atoms. The van der Waals surface area contributed by atoms with Gasteiger partial charge in [0.15, 0.2) is 0 Å². The number of ether oxygens (including phenoxy) is 1. The van der Waals surface area contributed by atoms with E-state index in [0.717, 1.165) is 18.7 Å². The smallest absolute Gasteiger partial charge is 0.0598 e. The molecular weight excluding hydrogens is 174 g/mol. The molecule has 0 unspecified atom stereocenters. The zero-order valence-electron chi connectivity index (χ0n) is 9.16. The molecule has 0 spiro atoms. The monoisotopic (exact) mass is 192 g/mol. The summed E-state index contributed by atoms with van der Waals surface area (Å²) in [7, 11) is 0. The summed E-state index contributed by atoms with van der Waals surface area (Å²) >= 11 is 0. The topological polar surface area (TPSA) is 22.1 Å². The van der Waals surface area contributed by atoms with Crippen molar-refractivity contribution < 1.29 is 4.74 Å². The highest BCUT2D eigenvalue weighted by atomic mass is 16.5. The molecule has 0 aliphatic carbocycles. The fourth-order valence-electron chi connectivity index (χ4n) is 1.07. The molecule has 1 aromatic rings. The predicted octanol–water partition coefficient (Wildman–Crippen LogP) is 2.84. The van der Waals surface area contributed by atoms with Crippen molar-refractivity contribution >= 4 is 0 Å². The van der Waals surface area contributed by atoms with Gasteiger partial charge in [0.25, 0.3) is 0 Å². The second kappa shape index (κ2) is 5.11. The molecule has 0 aliphatic rings. The van der Waals surface area contributed by atoms with Crippen molar-refractivity contribution in [1.29, 1.82) is 0 Å². The first-order valence-corrected chi connectivity index (χ1v) is 4.96. The van der Waals surface area contributed by atoms with Crippen LogP contribution in [0.5, 0.6) is 0 Å². The lowest BCUT2D eigenvalue weighted by molar-refractivity contribution is -0.00110. The Kier molecular flexibility index (Phi) is 4.08. The summed E-state index contributed by atoms with van der Waals surface area (Å²) in [5, 5.41) is 0. The zero-order valence-corrected chi connectivity index (χ0v) is 9.16. The standard InChI is InChI=1S/C12H18NO/c1-12(2,3)14-10-6-8-11-7-4-5-9-13-11/h4-5,7-9H,6,10H2,1-3H3. The van der Waals surface area contributed by atoms with E-state index in [1.807, 2.05) is 18.2 Å². The van der Waals surface area contributed by atoms with Crippen LogP contribution in [-0.2, 0) is 4.74 Å². The largest absolute Gasteiger partial charge is 0.376 e. The minimum absolute atomic E-state index is 0.0437. The molecule has 1 aromatic heterocycles. The first-order valence-electron chi connectivity index (χ1n) is 4.96. The van der Waals surface area contributed by atoms with Gasteiger partial charge in [-0.1, -0.05) is 6.07 Å². The lowest BCUT2D eigenvalue weighted by Gasteiger charge is -2.19. The Morgan fingerprint density at radius 3 is 2.71 bits per heavy atom. The van der Waals surface area contributed by atoms with Gasteiger partial charge < -0.3 is 4.74 Å². The zero-order chi connectivity index (χ0) is 10.4. The van der Waals surface area contributed by atoms with Gasteiger partial charge in [-0.2, -0.15) is 0 Å². The van der Waals surface area contributed by atoms with Crippen LogP contribution in [-0.4, -0.2) is 17.2 Å². The number of rotatable bonds is 4. The molecule has 1 rings (SSSR count). The van der Waals surface area contributed by atoms with Crippen LogP contribution in [0.25, 0.3) is 0 Å². The summed E-state index contributed by atoms with van der Waals surface area (Å²) in [6.45, 7) is 6.94. The molecule has 2 heteroatoms. The van der Waals surface area contributed by atoms with E-state index < -0.39 is 0 Å². The molecule has 0 saturated heterocycles. The number of pyridine rings is 1. The molecule has 0 aromatic carbocycles. The molecule has 0 saturated carbocycles. The highest BCUT2D eigenvalue weighted by Gasteiger charge is 2.08. The summed E-state index contributed by atoms with van der Waals surface area (Å²) in [4.78, 5) is 4.20. The van der Waals surface area contributed by atoms with Crippen molar-refractivity contribution in [2.24, 2.45) is 0 Å². The lowest BCUT2D eigenvalue weighted by Crippen LogP contribution is -2.19. The molecule has 2 nitrogen and oxygen atoms in total. The Morgan fingerprint density at radius 1 is 1.36 bits per heavy atom. The van der Waals surface area contributed by atoms with Gasteiger partial charge in [0, 0.05) is 24.9 Å². The normalized spacial score (nSPS) is 11.6. The van der Waals surface area contributed by atoms with Crippen LogP contribution >= 0.6 is 0 Å². The molecule has 0 bridgehead atoms. The fourth-order valence-corrected chi connectivity index (χ4v) is 1.07. The van der Waals surface area contributed by atoms with Crippen LogP contribution in [0.2, 0.25) is 0 Å². The summed E-state index contributed by atoms with van der Waals surface area (Å²) in [6, 6.07) is 5.91. The minimum Gasteiger partial charge on any atom is -0.376 e. The summed E-state index contributed by atoms with van der Waals surface area (Å²) in [5.41, 5.74) is 0.975. The quantitative estimate of drug-likeness (QED) is 0.684. The van der Waals surface area contributed by atoms with Crippen LogP contribution < -0.4 is 0 Å². The van der Waals surface area contributed by atoms with Crippen molar-refractivity contribution in [3.05, 3.63) is 36.5 Å². The van der Waals surface area contributed by atoms with Crippen LogP contribution in [0.4, 0.5) is 0 Å². The van der Waals surface area contributed by atoms with Crippen molar-refractivity contribution in [1.82, 2.24) is 4.98 Å². The van der Waals surface area contributed by atoms with E-state index in [9.17, 15) is 0 Å². The minimum atomic E-state index is -0.0437. The Hall–Kier alpha value is -0.890. The van der Waals surface area contributed by atoms with Gasteiger partial charge in [0.2, 0.25) is 0 Å². The van der Waals surface area contributed by atoms with E-state index in [-0.39, 0.29) is 5.60 Å². The van der Waals surface area contributed by atoms with Gasteiger partial charge >= 0.3 is 0 Å². The van der Waals surface area contributed by atoms with E-state index in [0.29, 0.717) is 0 Å². The summed E-state index contributed by atoms with van der Waals surface area (Å²) in [6.07, 6.45) is 4.80. The second-order valence-corrected chi connectivity index (χ2v) is 4.21. The van der Waals surface area contributed by atoms with E-state index in [2.05, 4.69) is 32.2 Å². The maximum atomic E-state index is 5.59. The van der Waals surface area contributed by atoms with Crippen molar-refractivity contribution in [2.75, 3.05) is 6.61 Å². The average Bonchev–Trinajstić information content (AvgIpc) is 2.13. The molecule has 1 radical (unpaired) electrons. The molecule has 77 valence electrons. The Labute approximate surface area is 86.3 Å². The van der Waals surface area contributed by atoms with Gasteiger partial charge in [-0.25, -0.2) is 0 Å². The third-order valence-corrected chi connectivity index (χ3v) is 1.69. The van der Waals surface area contributed by atoms with E-state index in [1.54, 1.807) is 6.20 Å². The van der Waals surface area contributed by atoms with E-state index in [4.69, 9.17) is 4.74 Å². The highest BCUT2D eigenvalue weighted by Crippen LogP contribution is 2.08. The van der Waals surface area contributed by atoms with Gasteiger partial charge in [-0.15, -0.1) is 0 Å². The number of hydrogen-bond donors (Lipinski definition) is 0. The third kappa shape index (κ3) is 4.97. The van der Waals surface area contributed by atoms with E-state index in [1.165, 1.54) is 0 Å². The van der Waals surface area contributed by atoms with Crippen LogP contribution in [0.1, 0.15) is 32.9 Å². The molecule has 0 N–H and O–H groups in total. The number of nitrogens with zero attached hydrogens (tertiary/aromatic N) is 1. The van der Waals surface area contributed by atoms with Crippen molar-refractivity contribution in [3.8, 4) is 0 Å². The molecule has 0 fully saturated rings. The Bertz CT molecular complexity index is 251. The summed E-state index contributed by atoms with van der Waals surface area (Å²) < 4.78 is 5.59. The maximum Gasteiger partial charge on any atom is 0.0598 e. The van der Waals surface area contributed by atoms with Crippen LogP contribution in [0.15, 0.2) is 24.4 Å². The van der Waals surface area contributed by atoms with Crippen LogP contribution in [0.3, 0.4) is 0 Å². The maximum absolute atomic E-state index is 5.59. The molecule has 0 amide bonds. The molecule has 0 aliphatic heterocycles. The van der Waals surface area contributed by atoms with Crippen molar-refractivity contribution in [2.45, 2.75) is 32.8 Å². The lowest BCUT2D eigenvalue weighted by atomic mass is 10.2. The first-order chi connectivity index (χ1) is 6.58. The molecular formula is C12H18NO. The second-order valence-electron chi connectivity index (χ2n) is 4.21. The number of hydrogen-bond acceptors (Lipinski definition) is 2. The predicted molar refractivity (Wildman–Crippen MR) is 58.0 cm³/mol. The van der Waals surface area contributed by atoms with Crippen molar-refractivity contribution in [3.63, 3.8) is 0 Å². The molecule has 1 heterocycles. The SMILES string of the molecule is CC(C)(C)OCC[CH]c1ccccn1. The highest BCUT2D eigenvalue weighted by molar-refractivity contribution is 5.12. The average molecular weight is 192 g/mol. The number of aromatic nitrogens is 1.